The number of halogens is 2. The van der Waals surface area contributed by atoms with Crippen LogP contribution in [0.5, 0.6) is 0 Å². The lowest BCUT2D eigenvalue weighted by molar-refractivity contribution is -0.130. The van der Waals surface area contributed by atoms with Gasteiger partial charge in [0.2, 0.25) is 5.91 Å². The van der Waals surface area contributed by atoms with Gasteiger partial charge in [-0.05, 0) is 45.9 Å². The highest BCUT2D eigenvalue weighted by molar-refractivity contribution is 9.11. The molecule has 0 aliphatic carbocycles. The fourth-order valence-electron chi connectivity index (χ4n) is 1.23. The lowest BCUT2D eigenvalue weighted by atomic mass is 10.2. The van der Waals surface area contributed by atoms with Crippen molar-refractivity contribution in [1.29, 1.82) is 0 Å². The molecule has 6 heteroatoms. The molecule has 0 unspecified atom stereocenters. The molecular formula is C10H16BrClN2OS. The van der Waals surface area contributed by atoms with Gasteiger partial charge in [-0.1, -0.05) is 0 Å². The summed E-state index contributed by atoms with van der Waals surface area (Å²) in [7, 11) is 1.82. The van der Waals surface area contributed by atoms with E-state index in [0.717, 1.165) is 15.8 Å². The Morgan fingerprint density at radius 3 is 2.81 bits per heavy atom. The van der Waals surface area contributed by atoms with E-state index in [-0.39, 0.29) is 18.3 Å². The highest BCUT2D eigenvalue weighted by atomic mass is 79.9. The van der Waals surface area contributed by atoms with Crippen LogP contribution in [0.4, 0.5) is 0 Å². The molecule has 0 spiro atoms. The minimum absolute atomic E-state index is 0. The van der Waals surface area contributed by atoms with E-state index in [0.29, 0.717) is 19.5 Å². The molecule has 0 bridgehead atoms. The zero-order chi connectivity index (χ0) is 11.3. The number of thiophene rings is 1. The topological polar surface area (TPSA) is 46.3 Å². The minimum Gasteiger partial charge on any atom is -0.341 e. The predicted molar refractivity (Wildman–Crippen MR) is 74.0 cm³/mol. The van der Waals surface area contributed by atoms with E-state index in [2.05, 4.69) is 21.3 Å². The summed E-state index contributed by atoms with van der Waals surface area (Å²) < 4.78 is 1.10. The van der Waals surface area contributed by atoms with Gasteiger partial charge in [-0.2, -0.15) is 0 Å². The molecule has 3 nitrogen and oxygen atoms in total. The third-order valence-corrected chi connectivity index (χ3v) is 3.62. The maximum Gasteiger partial charge on any atom is 0.222 e. The zero-order valence-electron chi connectivity index (χ0n) is 9.11. The van der Waals surface area contributed by atoms with Crippen LogP contribution in [0.15, 0.2) is 15.2 Å². The van der Waals surface area contributed by atoms with Crippen molar-refractivity contribution in [3.05, 3.63) is 20.8 Å². The summed E-state index contributed by atoms with van der Waals surface area (Å²) >= 11 is 5.03. The molecule has 0 saturated carbocycles. The van der Waals surface area contributed by atoms with Crippen molar-refractivity contribution >= 4 is 45.6 Å². The molecule has 1 heterocycles. The number of hydrogen-bond acceptors (Lipinski definition) is 3. The normalized spacial score (nSPS) is 9.69. The van der Waals surface area contributed by atoms with Gasteiger partial charge in [-0.25, -0.2) is 0 Å². The Kier molecular flexibility index (Phi) is 8.01. The van der Waals surface area contributed by atoms with Crippen LogP contribution in [0, 0.1) is 0 Å². The van der Waals surface area contributed by atoms with Crippen molar-refractivity contribution in [1.82, 2.24) is 4.90 Å². The molecule has 2 N–H and O–H groups in total. The average Bonchev–Trinajstić information content (AvgIpc) is 2.60. The summed E-state index contributed by atoms with van der Waals surface area (Å²) in [5, 5.41) is 2.05. The van der Waals surface area contributed by atoms with Crippen LogP contribution in [0.1, 0.15) is 18.4 Å². The van der Waals surface area contributed by atoms with E-state index >= 15 is 0 Å². The molecular weight excluding hydrogens is 312 g/mol. The van der Waals surface area contributed by atoms with Gasteiger partial charge in [0.25, 0.3) is 0 Å². The van der Waals surface area contributed by atoms with Crippen LogP contribution in [-0.4, -0.2) is 24.4 Å². The minimum atomic E-state index is 0. The molecule has 0 aliphatic heterocycles. The van der Waals surface area contributed by atoms with Crippen LogP contribution in [0.2, 0.25) is 0 Å². The highest BCUT2D eigenvalue weighted by Gasteiger charge is 2.09. The van der Waals surface area contributed by atoms with E-state index in [9.17, 15) is 4.79 Å². The summed E-state index contributed by atoms with van der Waals surface area (Å²) in [6, 6.07) is 2.04. The molecule has 0 atom stereocenters. The first-order chi connectivity index (χ1) is 7.13. The van der Waals surface area contributed by atoms with Crippen molar-refractivity contribution in [2.45, 2.75) is 19.4 Å². The zero-order valence-corrected chi connectivity index (χ0v) is 12.3. The lowest BCUT2D eigenvalue weighted by Gasteiger charge is -2.15. The molecule has 0 aromatic carbocycles. The Bertz CT molecular complexity index is 332. The fraction of sp³-hybridized carbons (Fsp3) is 0.500. The third-order valence-electron chi connectivity index (χ3n) is 2.06. The van der Waals surface area contributed by atoms with Gasteiger partial charge in [0.05, 0.1) is 3.79 Å². The predicted octanol–water partition coefficient (Wildman–Crippen LogP) is 2.63. The van der Waals surface area contributed by atoms with Crippen LogP contribution >= 0.6 is 39.7 Å². The van der Waals surface area contributed by atoms with Crippen LogP contribution in [0.25, 0.3) is 0 Å². The third kappa shape index (κ3) is 5.30. The molecule has 1 aromatic heterocycles. The average molecular weight is 328 g/mol. The number of amides is 1. The molecule has 0 saturated heterocycles. The quantitative estimate of drug-likeness (QED) is 0.903. The molecule has 1 aromatic rings. The van der Waals surface area contributed by atoms with Crippen molar-refractivity contribution in [2.24, 2.45) is 5.73 Å². The summed E-state index contributed by atoms with van der Waals surface area (Å²) in [5.74, 6) is 0.155. The Hall–Kier alpha value is -0.100. The van der Waals surface area contributed by atoms with Crippen molar-refractivity contribution in [3.63, 3.8) is 0 Å². The molecule has 0 radical (unpaired) electrons. The monoisotopic (exact) mass is 326 g/mol. The number of nitrogens with two attached hydrogens (primary N) is 1. The second-order valence-corrected chi connectivity index (χ2v) is 5.69. The van der Waals surface area contributed by atoms with Crippen LogP contribution in [-0.2, 0) is 11.3 Å². The maximum absolute atomic E-state index is 11.6. The van der Waals surface area contributed by atoms with E-state index < -0.39 is 0 Å². The smallest absolute Gasteiger partial charge is 0.222 e. The van der Waals surface area contributed by atoms with Gasteiger partial charge in [0.1, 0.15) is 0 Å². The molecule has 1 rings (SSSR count). The van der Waals surface area contributed by atoms with Gasteiger partial charge in [0.15, 0.2) is 0 Å². The van der Waals surface area contributed by atoms with Crippen LogP contribution < -0.4 is 5.73 Å². The fourth-order valence-corrected chi connectivity index (χ4v) is 2.44. The largest absolute Gasteiger partial charge is 0.341 e. The van der Waals surface area contributed by atoms with E-state index in [4.69, 9.17) is 5.73 Å². The van der Waals surface area contributed by atoms with Gasteiger partial charge in [0, 0.05) is 20.0 Å². The van der Waals surface area contributed by atoms with Gasteiger partial charge < -0.3 is 10.6 Å². The lowest BCUT2D eigenvalue weighted by Crippen LogP contribution is -2.26. The SMILES string of the molecule is CN(Cc1csc(Br)c1)C(=O)CCCN.Cl. The number of nitrogens with zero attached hydrogens (tertiary/aromatic N) is 1. The van der Waals surface area contributed by atoms with Gasteiger partial charge >= 0.3 is 0 Å². The maximum atomic E-state index is 11.6. The second-order valence-electron chi connectivity index (χ2n) is 3.40. The molecule has 1 amide bonds. The molecule has 16 heavy (non-hydrogen) atoms. The molecule has 0 fully saturated rings. The van der Waals surface area contributed by atoms with Crippen LogP contribution in [0.3, 0.4) is 0 Å². The number of carbonyl (C=O) groups is 1. The first-order valence-corrected chi connectivity index (χ1v) is 6.47. The standard InChI is InChI=1S/C10H15BrN2OS.ClH/c1-13(10(14)3-2-4-12)6-8-5-9(11)15-7-8;/h5,7H,2-4,6,12H2,1H3;1H. The Morgan fingerprint density at radius 2 is 2.31 bits per heavy atom. The number of carbonyl (C=O) groups excluding carboxylic acids is 1. The van der Waals surface area contributed by atoms with Gasteiger partial charge in [-0.15, -0.1) is 23.7 Å². The Balaban J connectivity index is 0.00000225. The van der Waals surface area contributed by atoms with Crippen molar-refractivity contribution in [3.8, 4) is 0 Å². The summed E-state index contributed by atoms with van der Waals surface area (Å²) in [5.41, 5.74) is 6.52. The number of hydrogen-bond donors (Lipinski definition) is 1. The summed E-state index contributed by atoms with van der Waals surface area (Å²) in [6.45, 7) is 1.25. The second kappa shape index (κ2) is 8.06. The molecule has 92 valence electrons. The summed E-state index contributed by atoms with van der Waals surface area (Å²) in [4.78, 5) is 13.3. The highest BCUT2D eigenvalue weighted by Crippen LogP contribution is 2.21. The van der Waals surface area contributed by atoms with Crippen molar-refractivity contribution in [2.75, 3.05) is 13.6 Å². The van der Waals surface area contributed by atoms with E-state index in [1.54, 1.807) is 16.2 Å². The number of rotatable bonds is 5. The summed E-state index contributed by atoms with van der Waals surface area (Å²) in [6.07, 6.45) is 1.30. The first kappa shape index (κ1) is 15.9. The first-order valence-electron chi connectivity index (χ1n) is 4.80. The Morgan fingerprint density at radius 1 is 1.62 bits per heavy atom. The van der Waals surface area contributed by atoms with Crippen molar-refractivity contribution < 1.29 is 4.79 Å². The van der Waals surface area contributed by atoms with E-state index in [1.165, 1.54) is 0 Å². The molecule has 0 aliphatic rings. The van der Waals surface area contributed by atoms with E-state index in [1.807, 2.05) is 13.1 Å². The van der Waals surface area contributed by atoms with Gasteiger partial charge in [-0.3, -0.25) is 4.79 Å². The Labute approximate surface area is 115 Å².